The molecule has 0 aromatic rings. The molecule has 18 heavy (non-hydrogen) atoms. The second-order valence-electron chi connectivity index (χ2n) is 5.58. The molecule has 5 nitrogen and oxygen atoms in total. The Bertz CT molecular complexity index is 307. The van der Waals surface area contributed by atoms with Crippen LogP contribution in [0.2, 0.25) is 0 Å². The summed E-state index contributed by atoms with van der Waals surface area (Å²) in [6.45, 7) is 6.63. The Hall–Kier alpha value is -1.26. The number of urea groups is 1. The molecule has 0 bridgehead atoms. The van der Waals surface area contributed by atoms with Crippen LogP contribution in [0.5, 0.6) is 0 Å². The Morgan fingerprint density at radius 1 is 1.33 bits per heavy atom. The van der Waals surface area contributed by atoms with Crippen molar-refractivity contribution in [2.45, 2.75) is 52.0 Å². The van der Waals surface area contributed by atoms with Crippen molar-refractivity contribution in [1.82, 2.24) is 10.2 Å². The molecule has 1 saturated heterocycles. The fourth-order valence-corrected chi connectivity index (χ4v) is 2.23. The van der Waals surface area contributed by atoms with Gasteiger partial charge in [0.1, 0.15) is 5.54 Å². The number of piperidine rings is 1. The van der Waals surface area contributed by atoms with Crippen molar-refractivity contribution in [2.75, 3.05) is 13.1 Å². The maximum absolute atomic E-state index is 11.9. The van der Waals surface area contributed by atoms with Gasteiger partial charge in [-0.25, -0.2) is 9.59 Å². The first-order chi connectivity index (χ1) is 8.36. The van der Waals surface area contributed by atoms with Crippen LogP contribution < -0.4 is 5.32 Å². The van der Waals surface area contributed by atoms with Crippen LogP contribution in [-0.4, -0.2) is 40.6 Å². The van der Waals surface area contributed by atoms with E-state index in [-0.39, 0.29) is 6.03 Å². The number of aliphatic carboxylic acids is 1. The average Bonchev–Trinajstić information content (AvgIpc) is 2.29. The zero-order valence-corrected chi connectivity index (χ0v) is 11.5. The monoisotopic (exact) mass is 256 g/mol. The average molecular weight is 256 g/mol. The lowest BCUT2D eigenvalue weighted by Crippen LogP contribution is -2.55. The molecule has 1 rings (SSSR count). The van der Waals surface area contributed by atoms with Crippen LogP contribution in [0.25, 0.3) is 0 Å². The van der Waals surface area contributed by atoms with Gasteiger partial charge in [0.25, 0.3) is 0 Å². The van der Waals surface area contributed by atoms with E-state index in [0.29, 0.717) is 5.92 Å². The highest BCUT2D eigenvalue weighted by atomic mass is 16.4. The number of nitrogens with one attached hydrogen (secondary N) is 1. The van der Waals surface area contributed by atoms with Gasteiger partial charge in [0.15, 0.2) is 0 Å². The summed E-state index contributed by atoms with van der Waals surface area (Å²) in [5.74, 6) is -0.303. The van der Waals surface area contributed by atoms with Crippen molar-refractivity contribution in [2.24, 2.45) is 5.92 Å². The molecule has 0 aliphatic carbocycles. The highest BCUT2D eigenvalue weighted by Gasteiger charge is 2.32. The van der Waals surface area contributed by atoms with Crippen molar-refractivity contribution in [3.63, 3.8) is 0 Å². The van der Waals surface area contributed by atoms with Crippen molar-refractivity contribution in [3.05, 3.63) is 0 Å². The van der Waals surface area contributed by atoms with Crippen LogP contribution in [0.1, 0.15) is 46.5 Å². The number of hydrogen-bond donors (Lipinski definition) is 2. The molecule has 2 amide bonds. The van der Waals surface area contributed by atoms with Crippen molar-refractivity contribution in [3.8, 4) is 0 Å². The molecule has 0 aromatic carbocycles. The number of carbonyl (C=O) groups is 2. The summed E-state index contributed by atoms with van der Waals surface area (Å²) < 4.78 is 0. The van der Waals surface area contributed by atoms with E-state index < -0.39 is 11.5 Å². The molecule has 1 aliphatic heterocycles. The molecule has 0 saturated carbocycles. The fourth-order valence-electron chi connectivity index (χ4n) is 2.23. The molecule has 1 aliphatic rings. The normalized spacial score (nSPS) is 17.6. The number of likely N-dealkylation sites (tertiary alicyclic amines) is 1. The third kappa shape index (κ3) is 3.89. The second kappa shape index (κ2) is 6.07. The molecule has 1 heterocycles. The standard InChI is InChI=1S/C13H24N2O3/c1-4-5-10-6-8-15(9-7-10)12(18)14-13(2,3)11(16)17/h10H,4-9H2,1-3H3,(H,14,18)(H,16,17). The Kier molecular flexibility index (Phi) is 4.99. The van der Waals surface area contributed by atoms with Crippen molar-refractivity contribution >= 4 is 12.0 Å². The predicted molar refractivity (Wildman–Crippen MR) is 69.5 cm³/mol. The fraction of sp³-hybridized carbons (Fsp3) is 0.846. The smallest absolute Gasteiger partial charge is 0.328 e. The number of rotatable bonds is 4. The van der Waals surface area contributed by atoms with Gasteiger partial charge in [-0.15, -0.1) is 0 Å². The zero-order chi connectivity index (χ0) is 13.8. The van der Waals surface area contributed by atoms with Gasteiger partial charge in [0.2, 0.25) is 0 Å². The third-order valence-corrected chi connectivity index (χ3v) is 3.55. The van der Waals surface area contributed by atoms with Crippen molar-refractivity contribution < 1.29 is 14.7 Å². The summed E-state index contributed by atoms with van der Waals surface area (Å²) in [6, 6.07) is -0.266. The van der Waals surface area contributed by atoms with Gasteiger partial charge in [0.05, 0.1) is 0 Å². The SMILES string of the molecule is CCCC1CCN(C(=O)NC(C)(C)C(=O)O)CC1. The third-order valence-electron chi connectivity index (χ3n) is 3.55. The van der Waals surface area contributed by atoms with Crippen LogP contribution in [-0.2, 0) is 4.79 Å². The van der Waals surface area contributed by atoms with Crippen LogP contribution in [0, 0.1) is 5.92 Å². The molecule has 0 radical (unpaired) electrons. The topological polar surface area (TPSA) is 69.6 Å². The van der Waals surface area contributed by atoms with Crippen LogP contribution in [0.4, 0.5) is 4.79 Å². The maximum atomic E-state index is 11.9. The first kappa shape index (κ1) is 14.8. The quantitative estimate of drug-likeness (QED) is 0.809. The second-order valence-corrected chi connectivity index (χ2v) is 5.58. The zero-order valence-electron chi connectivity index (χ0n) is 11.5. The van der Waals surface area contributed by atoms with E-state index in [0.717, 1.165) is 25.9 Å². The first-order valence-corrected chi connectivity index (χ1v) is 6.67. The van der Waals surface area contributed by atoms with E-state index in [2.05, 4.69) is 12.2 Å². The predicted octanol–water partition coefficient (Wildman–Crippen LogP) is 2.07. The molecule has 0 unspecified atom stereocenters. The molecule has 1 fully saturated rings. The first-order valence-electron chi connectivity index (χ1n) is 6.67. The minimum Gasteiger partial charge on any atom is -0.480 e. The summed E-state index contributed by atoms with van der Waals surface area (Å²) in [5.41, 5.74) is -1.21. The number of carbonyl (C=O) groups excluding carboxylic acids is 1. The summed E-state index contributed by atoms with van der Waals surface area (Å²) in [7, 11) is 0. The largest absolute Gasteiger partial charge is 0.480 e. The molecule has 0 atom stereocenters. The number of nitrogens with zero attached hydrogens (tertiary/aromatic N) is 1. The Balaban J connectivity index is 2.43. The van der Waals surface area contributed by atoms with E-state index in [9.17, 15) is 9.59 Å². The molecule has 104 valence electrons. The number of carboxylic acids is 1. The summed E-state index contributed by atoms with van der Waals surface area (Å²) in [4.78, 5) is 24.6. The van der Waals surface area contributed by atoms with Gasteiger partial charge in [-0.2, -0.15) is 0 Å². The molecular formula is C13H24N2O3. The number of carboxylic acid groups (broad SMARTS) is 1. The highest BCUT2D eigenvalue weighted by molar-refractivity contribution is 5.85. The van der Waals surface area contributed by atoms with E-state index in [1.807, 2.05) is 0 Å². The van der Waals surface area contributed by atoms with Gasteiger partial charge >= 0.3 is 12.0 Å². The lowest BCUT2D eigenvalue weighted by atomic mass is 9.93. The Morgan fingerprint density at radius 3 is 2.33 bits per heavy atom. The number of hydrogen-bond acceptors (Lipinski definition) is 2. The van der Waals surface area contributed by atoms with Crippen LogP contribution in [0.15, 0.2) is 0 Å². The summed E-state index contributed by atoms with van der Waals surface area (Å²) in [6.07, 6.45) is 4.45. The maximum Gasteiger partial charge on any atom is 0.328 e. The van der Waals surface area contributed by atoms with Crippen LogP contribution >= 0.6 is 0 Å². The minimum atomic E-state index is -1.21. The van der Waals surface area contributed by atoms with Gasteiger partial charge in [-0.3, -0.25) is 0 Å². The highest BCUT2D eigenvalue weighted by Crippen LogP contribution is 2.21. The lowest BCUT2D eigenvalue weighted by molar-refractivity contribution is -0.143. The van der Waals surface area contributed by atoms with E-state index in [1.165, 1.54) is 26.7 Å². The molecular weight excluding hydrogens is 232 g/mol. The van der Waals surface area contributed by atoms with Crippen LogP contribution in [0.3, 0.4) is 0 Å². The number of amides is 2. The Morgan fingerprint density at radius 2 is 1.89 bits per heavy atom. The van der Waals surface area contributed by atoms with Crippen molar-refractivity contribution in [1.29, 1.82) is 0 Å². The van der Waals surface area contributed by atoms with Gasteiger partial charge in [-0.1, -0.05) is 19.8 Å². The molecule has 5 heteroatoms. The summed E-state index contributed by atoms with van der Waals surface area (Å²) in [5, 5.41) is 11.5. The molecule has 0 aromatic heterocycles. The van der Waals surface area contributed by atoms with Gasteiger partial charge in [0, 0.05) is 13.1 Å². The van der Waals surface area contributed by atoms with Gasteiger partial charge in [-0.05, 0) is 32.6 Å². The molecule has 2 N–H and O–H groups in total. The van der Waals surface area contributed by atoms with E-state index in [1.54, 1.807) is 4.90 Å². The minimum absolute atomic E-state index is 0.266. The molecule has 0 spiro atoms. The summed E-state index contributed by atoms with van der Waals surface area (Å²) >= 11 is 0. The van der Waals surface area contributed by atoms with Gasteiger partial charge < -0.3 is 15.3 Å². The lowest BCUT2D eigenvalue weighted by Gasteiger charge is -2.34. The van der Waals surface area contributed by atoms with E-state index in [4.69, 9.17) is 5.11 Å². The Labute approximate surface area is 109 Å². The van der Waals surface area contributed by atoms with E-state index >= 15 is 0 Å².